The quantitative estimate of drug-likeness (QED) is 0.888. The van der Waals surface area contributed by atoms with Gasteiger partial charge in [-0.2, -0.15) is 5.10 Å². The minimum absolute atomic E-state index is 0. The summed E-state index contributed by atoms with van der Waals surface area (Å²) >= 11 is 0. The van der Waals surface area contributed by atoms with E-state index in [0.29, 0.717) is 12.4 Å². The first-order chi connectivity index (χ1) is 9.20. The summed E-state index contributed by atoms with van der Waals surface area (Å²) in [6.07, 6.45) is 1.83. The van der Waals surface area contributed by atoms with Crippen LogP contribution in [0.3, 0.4) is 0 Å². The number of carbonyl (C=O) groups excluding carboxylic acids is 1. The van der Waals surface area contributed by atoms with E-state index in [1.807, 2.05) is 50.5 Å². The van der Waals surface area contributed by atoms with Gasteiger partial charge in [0.2, 0.25) is 5.91 Å². The molecular weight excluding hydrogens is 276 g/mol. The number of benzene rings is 1. The van der Waals surface area contributed by atoms with Crippen LogP contribution in [0.1, 0.15) is 6.92 Å². The van der Waals surface area contributed by atoms with Gasteiger partial charge in [-0.15, -0.1) is 12.4 Å². The minimum Gasteiger partial charge on any atom is -0.319 e. The van der Waals surface area contributed by atoms with Crippen LogP contribution in [0.15, 0.2) is 42.6 Å². The molecule has 0 spiro atoms. The Bertz CT molecular complexity index is 541. The number of anilines is 1. The maximum absolute atomic E-state index is 11.8. The van der Waals surface area contributed by atoms with Crippen LogP contribution >= 0.6 is 12.4 Å². The van der Waals surface area contributed by atoms with Crippen LogP contribution in [0, 0.1) is 5.92 Å². The Morgan fingerprint density at radius 2 is 2.00 bits per heavy atom. The maximum Gasteiger partial charge on any atom is 0.229 e. The summed E-state index contributed by atoms with van der Waals surface area (Å²) in [6, 6.07) is 11.6. The van der Waals surface area contributed by atoms with Gasteiger partial charge in [-0.05, 0) is 19.2 Å². The highest BCUT2D eigenvalue weighted by molar-refractivity contribution is 5.91. The second-order valence-corrected chi connectivity index (χ2v) is 4.43. The van der Waals surface area contributed by atoms with E-state index in [1.54, 1.807) is 10.7 Å². The van der Waals surface area contributed by atoms with E-state index in [9.17, 15) is 4.79 Å². The van der Waals surface area contributed by atoms with Gasteiger partial charge < -0.3 is 10.6 Å². The Morgan fingerprint density at radius 1 is 1.30 bits per heavy atom. The lowest BCUT2D eigenvalue weighted by molar-refractivity contribution is -0.119. The van der Waals surface area contributed by atoms with Crippen molar-refractivity contribution in [1.29, 1.82) is 0 Å². The maximum atomic E-state index is 11.8. The summed E-state index contributed by atoms with van der Waals surface area (Å²) in [7, 11) is 1.83. The van der Waals surface area contributed by atoms with Crippen molar-refractivity contribution in [2.75, 3.05) is 18.9 Å². The molecule has 0 radical (unpaired) electrons. The number of nitrogens with one attached hydrogen (secondary N) is 2. The third-order valence-electron chi connectivity index (χ3n) is 2.82. The zero-order valence-corrected chi connectivity index (χ0v) is 12.4. The SMILES string of the molecule is CNCC(C)C(=O)Nc1ccn(-c2ccccc2)n1.Cl. The van der Waals surface area contributed by atoms with E-state index in [-0.39, 0.29) is 24.2 Å². The molecule has 2 aromatic rings. The van der Waals surface area contributed by atoms with Crippen LogP contribution < -0.4 is 10.6 Å². The van der Waals surface area contributed by atoms with Gasteiger partial charge in [0.15, 0.2) is 5.82 Å². The Balaban J connectivity index is 0.00000200. The van der Waals surface area contributed by atoms with E-state index in [2.05, 4.69) is 15.7 Å². The molecule has 2 N–H and O–H groups in total. The number of rotatable bonds is 5. The Labute approximate surface area is 124 Å². The van der Waals surface area contributed by atoms with Crippen molar-refractivity contribution in [1.82, 2.24) is 15.1 Å². The lowest BCUT2D eigenvalue weighted by atomic mass is 10.1. The fourth-order valence-electron chi connectivity index (χ4n) is 1.76. The largest absolute Gasteiger partial charge is 0.319 e. The van der Waals surface area contributed by atoms with Crippen molar-refractivity contribution in [2.24, 2.45) is 5.92 Å². The van der Waals surface area contributed by atoms with Gasteiger partial charge in [0.25, 0.3) is 0 Å². The van der Waals surface area contributed by atoms with Gasteiger partial charge >= 0.3 is 0 Å². The molecular formula is C14H19ClN4O. The van der Waals surface area contributed by atoms with Gasteiger partial charge in [0, 0.05) is 24.7 Å². The molecule has 1 amide bonds. The molecule has 1 aromatic carbocycles. The van der Waals surface area contributed by atoms with Crippen molar-refractivity contribution in [3.63, 3.8) is 0 Å². The lowest BCUT2D eigenvalue weighted by Gasteiger charge is -2.09. The molecule has 1 aromatic heterocycles. The number of nitrogens with zero attached hydrogens (tertiary/aromatic N) is 2. The highest BCUT2D eigenvalue weighted by atomic mass is 35.5. The van der Waals surface area contributed by atoms with Crippen LogP contribution in [-0.4, -0.2) is 29.3 Å². The van der Waals surface area contributed by atoms with Crippen molar-refractivity contribution in [3.8, 4) is 5.69 Å². The normalized spacial score (nSPS) is 11.5. The molecule has 2 rings (SSSR count). The Hall–Kier alpha value is -1.85. The zero-order valence-electron chi connectivity index (χ0n) is 11.5. The summed E-state index contributed by atoms with van der Waals surface area (Å²) in [5, 5.41) is 10.1. The first-order valence-corrected chi connectivity index (χ1v) is 6.27. The molecule has 1 unspecified atom stereocenters. The van der Waals surface area contributed by atoms with E-state index in [4.69, 9.17) is 0 Å². The average Bonchev–Trinajstić information content (AvgIpc) is 2.88. The molecule has 1 atom stereocenters. The standard InChI is InChI=1S/C14H18N4O.ClH/c1-11(10-15-2)14(19)16-13-8-9-18(17-13)12-6-4-3-5-7-12;/h3-9,11,15H,10H2,1-2H3,(H,16,17,19);1H. The third-order valence-corrected chi connectivity index (χ3v) is 2.82. The molecule has 0 aliphatic rings. The number of aromatic nitrogens is 2. The van der Waals surface area contributed by atoms with Gasteiger partial charge in [0.05, 0.1) is 5.69 Å². The second-order valence-electron chi connectivity index (χ2n) is 4.43. The number of hydrogen-bond acceptors (Lipinski definition) is 3. The molecule has 1 heterocycles. The minimum atomic E-state index is -0.0909. The molecule has 0 aliphatic heterocycles. The highest BCUT2D eigenvalue weighted by Crippen LogP contribution is 2.10. The van der Waals surface area contributed by atoms with Crippen LogP contribution in [0.2, 0.25) is 0 Å². The van der Waals surface area contributed by atoms with Crippen molar-refractivity contribution < 1.29 is 4.79 Å². The monoisotopic (exact) mass is 294 g/mol. The number of carbonyl (C=O) groups is 1. The molecule has 0 saturated carbocycles. The summed E-state index contributed by atoms with van der Waals surface area (Å²) in [4.78, 5) is 11.8. The summed E-state index contributed by atoms with van der Waals surface area (Å²) in [5.74, 6) is 0.441. The van der Waals surface area contributed by atoms with Crippen molar-refractivity contribution >= 4 is 24.1 Å². The van der Waals surface area contributed by atoms with Crippen LogP contribution in [0.25, 0.3) is 5.69 Å². The molecule has 6 heteroatoms. The van der Waals surface area contributed by atoms with Crippen molar-refractivity contribution in [2.45, 2.75) is 6.92 Å². The fourth-order valence-corrected chi connectivity index (χ4v) is 1.76. The van der Waals surface area contributed by atoms with Crippen LogP contribution in [0.5, 0.6) is 0 Å². The highest BCUT2D eigenvalue weighted by Gasteiger charge is 2.13. The van der Waals surface area contributed by atoms with Crippen LogP contribution in [0.4, 0.5) is 5.82 Å². The molecule has 5 nitrogen and oxygen atoms in total. The van der Waals surface area contributed by atoms with Gasteiger partial charge in [-0.25, -0.2) is 4.68 Å². The summed E-state index contributed by atoms with van der Waals surface area (Å²) in [6.45, 7) is 2.52. The van der Waals surface area contributed by atoms with Gasteiger partial charge in [-0.3, -0.25) is 4.79 Å². The van der Waals surface area contributed by atoms with E-state index in [0.717, 1.165) is 5.69 Å². The smallest absolute Gasteiger partial charge is 0.229 e. The fraction of sp³-hybridized carbons (Fsp3) is 0.286. The summed E-state index contributed by atoms with van der Waals surface area (Å²) in [5.41, 5.74) is 0.964. The van der Waals surface area contributed by atoms with Crippen LogP contribution in [-0.2, 0) is 4.79 Å². The first-order valence-electron chi connectivity index (χ1n) is 6.27. The number of halogens is 1. The first kappa shape index (κ1) is 16.2. The zero-order chi connectivity index (χ0) is 13.7. The molecule has 0 bridgehead atoms. The third kappa shape index (κ3) is 4.08. The predicted molar refractivity (Wildman–Crippen MR) is 82.5 cm³/mol. The molecule has 0 fully saturated rings. The molecule has 20 heavy (non-hydrogen) atoms. The topological polar surface area (TPSA) is 59.0 Å². The molecule has 0 saturated heterocycles. The number of amides is 1. The van der Waals surface area contributed by atoms with Gasteiger partial charge in [-0.1, -0.05) is 25.1 Å². The second kappa shape index (κ2) is 7.67. The van der Waals surface area contributed by atoms with E-state index >= 15 is 0 Å². The predicted octanol–water partition coefficient (Wildman–Crippen LogP) is 2.09. The Morgan fingerprint density at radius 3 is 2.65 bits per heavy atom. The van der Waals surface area contributed by atoms with E-state index < -0.39 is 0 Å². The molecule has 0 aliphatic carbocycles. The Kier molecular flexibility index (Phi) is 6.21. The van der Waals surface area contributed by atoms with E-state index in [1.165, 1.54) is 0 Å². The van der Waals surface area contributed by atoms with Crippen molar-refractivity contribution in [3.05, 3.63) is 42.6 Å². The average molecular weight is 295 g/mol. The van der Waals surface area contributed by atoms with Gasteiger partial charge in [0.1, 0.15) is 0 Å². The lowest BCUT2D eigenvalue weighted by Crippen LogP contribution is -2.28. The number of hydrogen-bond donors (Lipinski definition) is 2. The summed E-state index contributed by atoms with van der Waals surface area (Å²) < 4.78 is 1.73. The number of para-hydroxylation sites is 1. The molecule has 108 valence electrons.